The fourth-order valence-corrected chi connectivity index (χ4v) is 9.41. The second-order valence-corrected chi connectivity index (χ2v) is 20.3. The monoisotopic (exact) mass is 906 g/mol. The smallest absolute Gasteiger partial charge is 0.305 e. The van der Waals surface area contributed by atoms with E-state index in [2.05, 4.69) is 19.2 Å². The van der Waals surface area contributed by atoms with Crippen LogP contribution in [0.4, 0.5) is 0 Å². The van der Waals surface area contributed by atoms with E-state index in [1.54, 1.807) is 0 Å². The van der Waals surface area contributed by atoms with Gasteiger partial charge < -0.3 is 20.3 Å². The van der Waals surface area contributed by atoms with E-state index in [9.17, 15) is 19.8 Å². The number of esters is 1. The van der Waals surface area contributed by atoms with Gasteiger partial charge in [-0.3, -0.25) is 9.59 Å². The van der Waals surface area contributed by atoms with Crippen LogP contribution >= 0.6 is 0 Å². The summed E-state index contributed by atoms with van der Waals surface area (Å²) in [6.45, 7) is 4.93. The number of carbonyl (C=O) groups is 2. The molecule has 1 amide bonds. The molecule has 6 heteroatoms. The molecule has 0 fully saturated rings. The highest BCUT2D eigenvalue weighted by Crippen LogP contribution is 2.18. The Labute approximate surface area is 400 Å². The Morgan fingerprint density at radius 2 is 0.641 bits per heavy atom. The molecule has 0 radical (unpaired) electrons. The standard InChI is InChI=1S/C58H115NO5/c1-3-5-7-9-11-13-15-17-19-21-23-24-25-27-29-31-34-38-42-46-50-56(61)55(54-60)59-57(62)51-47-43-39-35-33-37-41-45-49-53-64-58(63)52-48-44-40-36-32-30-28-26-22-20-18-16-14-12-10-8-6-4-2/h55-56,60-61H,3-54H2,1-2H3,(H,59,62). The molecule has 0 saturated heterocycles. The van der Waals surface area contributed by atoms with Crippen LogP contribution in [0.15, 0.2) is 0 Å². The Morgan fingerprint density at radius 1 is 0.375 bits per heavy atom. The van der Waals surface area contributed by atoms with E-state index >= 15 is 0 Å². The van der Waals surface area contributed by atoms with Gasteiger partial charge in [0.05, 0.1) is 25.4 Å². The average Bonchev–Trinajstić information content (AvgIpc) is 3.29. The summed E-state index contributed by atoms with van der Waals surface area (Å²) in [5.74, 6) is -0.0767. The molecule has 0 aliphatic heterocycles. The predicted octanol–water partition coefficient (Wildman–Crippen LogP) is 17.9. The minimum absolute atomic E-state index is 0.0191. The Kier molecular flexibility index (Phi) is 53.5. The zero-order chi connectivity index (χ0) is 46.5. The summed E-state index contributed by atoms with van der Waals surface area (Å²) >= 11 is 0. The Hall–Kier alpha value is -1.14. The van der Waals surface area contributed by atoms with Crippen molar-refractivity contribution in [3.8, 4) is 0 Å². The van der Waals surface area contributed by atoms with Crippen molar-refractivity contribution < 1.29 is 24.5 Å². The molecule has 0 heterocycles. The largest absolute Gasteiger partial charge is 0.466 e. The third kappa shape index (κ3) is 50.3. The molecule has 382 valence electrons. The molecule has 64 heavy (non-hydrogen) atoms. The minimum Gasteiger partial charge on any atom is -0.466 e. The zero-order valence-corrected chi connectivity index (χ0v) is 43.5. The van der Waals surface area contributed by atoms with Gasteiger partial charge in [-0.05, 0) is 25.7 Å². The number of rotatable bonds is 55. The topological polar surface area (TPSA) is 95.9 Å². The van der Waals surface area contributed by atoms with Gasteiger partial charge in [0.2, 0.25) is 5.91 Å². The average molecular weight is 907 g/mol. The zero-order valence-electron chi connectivity index (χ0n) is 43.5. The fraction of sp³-hybridized carbons (Fsp3) is 0.966. The minimum atomic E-state index is -0.681. The van der Waals surface area contributed by atoms with Gasteiger partial charge in [0.1, 0.15) is 0 Å². The van der Waals surface area contributed by atoms with Crippen molar-refractivity contribution in [3.05, 3.63) is 0 Å². The summed E-state index contributed by atoms with van der Waals surface area (Å²) in [6.07, 6.45) is 62.3. The quantitative estimate of drug-likeness (QED) is 0.0417. The van der Waals surface area contributed by atoms with E-state index in [-0.39, 0.29) is 18.5 Å². The lowest BCUT2D eigenvalue weighted by Crippen LogP contribution is -2.45. The van der Waals surface area contributed by atoms with Crippen LogP contribution in [0.1, 0.15) is 335 Å². The first-order valence-corrected chi connectivity index (χ1v) is 29.3. The predicted molar refractivity (Wildman–Crippen MR) is 278 cm³/mol. The van der Waals surface area contributed by atoms with Gasteiger partial charge in [0.25, 0.3) is 0 Å². The Bertz CT molecular complexity index is 913. The summed E-state index contributed by atoms with van der Waals surface area (Å²) < 4.78 is 5.47. The van der Waals surface area contributed by atoms with E-state index in [1.807, 2.05) is 0 Å². The van der Waals surface area contributed by atoms with Crippen LogP contribution < -0.4 is 5.32 Å². The lowest BCUT2D eigenvalue weighted by Gasteiger charge is -2.22. The molecule has 2 unspecified atom stereocenters. The van der Waals surface area contributed by atoms with Crippen molar-refractivity contribution in [1.29, 1.82) is 0 Å². The molecule has 0 aliphatic rings. The van der Waals surface area contributed by atoms with E-state index in [1.165, 1.54) is 244 Å². The van der Waals surface area contributed by atoms with Crippen LogP contribution in [0.3, 0.4) is 0 Å². The molecular formula is C58H115NO5. The number of carbonyl (C=O) groups excluding carboxylic acids is 2. The van der Waals surface area contributed by atoms with Crippen LogP contribution in [-0.2, 0) is 14.3 Å². The first kappa shape index (κ1) is 62.9. The van der Waals surface area contributed by atoms with Crippen molar-refractivity contribution in [2.75, 3.05) is 13.2 Å². The van der Waals surface area contributed by atoms with Crippen molar-refractivity contribution in [3.63, 3.8) is 0 Å². The number of amides is 1. The highest BCUT2D eigenvalue weighted by Gasteiger charge is 2.20. The summed E-state index contributed by atoms with van der Waals surface area (Å²) in [6, 6.07) is -0.560. The molecular weight excluding hydrogens is 791 g/mol. The second-order valence-electron chi connectivity index (χ2n) is 20.3. The number of unbranched alkanes of at least 4 members (excludes halogenated alkanes) is 44. The van der Waals surface area contributed by atoms with E-state index in [0.717, 1.165) is 57.8 Å². The van der Waals surface area contributed by atoms with Gasteiger partial charge >= 0.3 is 5.97 Å². The van der Waals surface area contributed by atoms with Crippen LogP contribution in [-0.4, -0.2) is 47.4 Å². The van der Waals surface area contributed by atoms with Gasteiger partial charge in [-0.1, -0.05) is 296 Å². The number of aliphatic hydroxyl groups excluding tert-OH is 2. The van der Waals surface area contributed by atoms with Crippen LogP contribution in [0, 0.1) is 0 Å². The number of ether oxygens (including phenoxy) is 1. The maximum atomic E-state index is 12.5. The molecule has 0 rings (SSSR count). The molecule has 0 bridgehead atoms. The molecule has 2 atom stereocenters. The van der Waals surface area contributed by atoms with Gasteiger partial charge in [0, 0.05) is 12.8 Å². The maximum Gasteiger partial charge on any atom is 0.305 e. The number of aliphatic hydroxyl groups is 2. The third-order valence-electron chi connectivity index (χ3n) is 13.9. The molecule has 0 aliphatic carbocycles. The first-order chi connectivity index (χ1) is 31.5. The molecule has 0 spiro atoms. The fourth-order valence-electron chi connectivity index (χ4n) is 9.41. The van der Waals surface area contributed by atoms with Gasteiger partial charge in [-0.2, -0.15) is 0 Å². The summed E-state index contributed by atoms with van der Waals surface area (Å²) in [4.78, 5) is 24.6. The third-order valence-corrected chi connectivity index (χ3v) is 13.9. The Balaban J connectivity index is 3.44. The summed E-state index contributed by atoms with van der Waals surface area (Å²) in [5.41, 5.74) is 0. The van der Waals surface area contributed by atoms with E-state index in [4.69, 9.17) is 4.74 Å². The Morgan fingerprint density at radius 3 is 0.953 bits per heavy atom. The van der Waals surface area contributed by atoms with E-state index < -0.39 is 12.1 Å². The number of nitrogens with one attached hydrogen (secondary N) is 1. The summed E-state index contributed by atoms with van der Waals surface area (Å²) in [7, 11) is 0. The van der Waals surface area contributed by atoms with Crippen molar-refractivity contribution in [2.24, 2.45) is 0 Å². The van der Waals surface area contributed by atoms with Gasteiger partial charge in [0.15, 0.2) is 0 Å². The highest BCUT2D eigenvalue weighted by molar-refractivity contribution is 5.76. The molecule has 0 saturated carbocycles. The van der Waals surface area contributed by atoms with Gasteiger partial charge in [-0.15, -0.1) is 0 Å². The lowest BCUT2D eigenvalue weighted by atomic mass is 10.0. The highest BCUT2D eigenvalue weighted by atomic mass is 16.5. The molecule has 0 aromatic rings. The molecule has 6 nitrogen and oxygen atoms in total. The van der Waals surface area contributed by atoms with Crippen molar-refractivity contribution in [2.45, 2.75) is 347 Å². The van der Waals surface area contributed by atoms with Crippen molar-refractivity contribution in [1.82, 2.24) is 5.32 Å². The van der Waals surface area contributed by atoms with Crippen LogP contribution in [0.5, 0.6) is 0 Å². The summed E-state index contributed by atoms with van der Waals surface area (Å²) in [5, 5.41) is 23.3. The van der Waals surface area contributed by atoms with E-state index in [0.29, 0.717) is 25.9 Å². The SMILES string of the molecule is CCCCCCCCCCCCCCCCCCCCCCC(O)C(CO)NC(=O)CCCCCCCCCCCOC(=O)CCCCCCCCCCCCCCCCCCCC. The molecule has 3 N–H and O–H groups in total. The molecule has 0 aromatic carbocycles. The van der Waals surface area contributed by atoms with Crippen molar-refractivity contribution >= 4 is 11.9 Å². The maximum absolute atomic E-state index is 12.5. The lowest BCUT2D eigenvalue weighted by molar-refractivity contribution is -0.143. The molecule has 0 aromatic heterocycles. The number of hydrogen-bond acceptors (Lipinski definition) is 5. The van der Waals surface area contributed by atoms with Gasteiger partial charge in [-0.25, -0.2) is 0 Å². The second kappa shape index (κ2) is 54.5. The van der Waals surface area contributed by atoms with Crippen LogP contribution in [0.2, 0.25) is 0 Å². The first-order valence-electron chi connectivity index (χ1n) is 29.3. The van der Waals surface area contributed by atoms with Crippen LogP contribution in [0.25, 0.3) is 0 Å². The normalized spacial score (nSPS) is 12.5. The number of hydrogen-bond donors (Lipinski definition) is 3.